The van der Waals surface area contributed by atoms with Gasteiger partial charge in [0, 0.05) is 26.2 Å². The summed E-state index contributed by atoms with van der Waals surface area (Å²) in [6.45, 7) is 5.90. The Balaban J connectivity index is 0.00000114. The van der Waals surface area contributed by atoms with Crippen molar-refractivity contribution in [1.82, 2.24) is 9.80 Å². The van der Waals surface area contributed by atoms with Crippen LogP contribution in [0.3, 0.4) is 0 Å². The molecule has 0 unspecified atom stereocenters. The predicted octanol–water partition coefficient (Wildman–Crippen LogP) is 3.51. The highest BCUT2D eigenvalue weighted by Crippen LogP contribution is 2.35. The van der Waals surface area contributed by atoms with E-state index in [1.165, 1.54) is 25.9 Å². The van der Waals surface area contributed by atoms with Gasteiger partial charge in [0.1, 0.15) is 11.8 Å². The van der Waals surface area contributed by atoms with Gasteiger partial charge in [-0.05, 0) is 57.9 Å². The summed E-state index contributed by atoms with van der Waals surface area (Å²) in [4.78, 5) is 8.60. The molecule has 0 aromatic heterocycles. The van der Waals surface area contributed by atoms with Crippen molar-refractivity contribution in [3.63, 3.8) is 0 Å². The molecule has 0 aliphatic carbocycles. The maximum absolute atomic E-state index is 9.45. The third kappa shape index (κ3) is 7.69. The monoisotopic (exact) mass is 391 g/mol. The molecule has 0 radical (unpaired) electrons. The van der Waals surface area contributed by atoms with E-state index in [1.54, 1.807) is 24.2 Å². The molecule has 0 spiro atoms. The van der Waals surface area contributed by atoms with Crippen molar-refractivity contribution < 1.29 is 4.74 Å². The summed E-state index contributed by atoms with van der Waals surface area (Å²) in [7, 11) is 3.76. The van der Waals surface area contributed by atoms with Crippen LogP contribution in [0.4, 0.5) is 11.4 Å². The molecular formula is C20H33N5OS. The number of aliphatic imine (C=N–C) groups is 1. The van der Waals surface area contributed by atoms with Crippen molar-refractivity contribution in [2.75, 3.05) is 58.6 Å². The second-order valence-corrected chi connectivity index (χ2v) is 7.61. The smallest absolute Gasteiger partial charge is 0.146 e. The first kappa shape index (κ1) is 23.1. The highest BCUT2D eigenvalue weighted by Gasteiger charge is 2.15. The standard InChI is InChI=1S/C18H27N5O.C2H6S/c1-14-15(12-19)17(21-13-22(2)3)11-16(20)18(14)24-10-6-9-23-7-4-5-8-23;1-3-2/h11,13H,4-10,20H2,1-3H3;1-2H3. The normalized spacial score (nSPS) is 13.9. The topological polar surface area (TPSA) is 77.9 Å². The molecule has 0 amide bonds. The zero-order valence-electron chi connectivity index (χ0n) is 17.3. The quantitative estimate of drug-likeness (QED) is 0.332. The molecule has 1 aromatic carbocycles. The molecule has 1 fully saturated rings. The molecule has 6 nitrogen and oxygen atoms in total. The lowest BCUT2D eigenvalue weighted by atomic mass is 10.1. The van der Waals surface area contributed by atoms with E-state index in [2.05, 4.69) is 16.0 Å². The summed E-state index contributed by atoms with van der Waals surface area (Å²) in [5.41, 5.74) is 8.49. The predicted molar refractivity (Wildman–Crippen MR) is 117 cm³/mol. The lowest BCUT2D eigenvalue weighted by Crippen LogP contribution is -2.22. The number of hydrogen-bond acceptors (Lipinski definition) is 6. The maximum atomic E-state index is 9.45. The van der Waals surface area contributed by atoms with Crippen LogP contribution < -0.4 is 10.5 Å². The van der Waals surface area contributed by atoms with E-state index < -0.39 is 0 Å². The Bertz CT molecular complexity index is 649. The number of benzene rings is 1. The van der Waals surface area contributed by atoms with Crippen LogP contribution in [0.25, 0.3) is 0 Å². The summed E-state index contributed by atoms with van der Waals surface area (Å²) >= 11 is 1.75. The van der Waals surface area contributed by atoms with E-state index in [-0.39, 0.29) is 0 Å². The van der Waals surface area contributed by atoms with Crippen molar-refractivity contribution in [1.29, 1.82) is 5.26 Å². The maximum Gasteiger partial charge on any atom is 0.146 e. The average Bonchev–Trinajstić information content (AvgIpc) is 3.13. The summed E-state index contributed by atoms with van der Waals surface area (Å²) in [5, 5.41) is 9.45. The number of nitrogens with two attached hydrogens (primary N) is 1. The van der Waals surface area contributed by atoms with E-state index in [0.29, 0.717) is 29.3 Å². The zero-order chi connectivity index (χ0) is 20.2. The first-order chi connectivity index (χ1) is 12.9. The summed E-state index contributed by atoms with van der Waals surface area (Å²) in [5.74, 6) is 0.608. The summed E-state index contributed by atoms with van der Waals surface area (Å²) < 4.78 is 5.89. The number of hydrogen-bond donors (Lipinski definition) is 1. The van der Waals surface area contributed by atoms with E-state index in [1.807, 2.05) is 38.4 Å². The summed E-state index contributed by atoms with van der Waals surface area (Å²) in [6, 6.07) is 3.92. The molecule has 2 rings (SSSR count). The molecule has 2 N–H and O–H groups in total. The van der Waals surface area contributed by atoms with Gasteiger partial charge < -0.3 is 20.3 Å². The minimum absolute atomic E-state index is 0.511. The number of nitrogen functional groups attached to an aromatic ring is 1. The van der Waals surface area contributed by atoms with E-state index >= 15 is 0 Å². The molecular weight excluding hydrogens is 358 g/mol. The molecule has 1 aromatic rings. The number of likely N-dealkylation sites (tertiary alicyclic amines) is 1. The average molecular weight is 392 g/mol. The van der Waals surface area contributed by atoms with Crippen LogP contribution >= 0.6 is 11.8 Å². The van der Waals surface area contributed by atoms with Gasteiger partial charge in [0.05, 0.1) is 29.9 Å². The number of nitrogens with zero attached hydrogens (tertiary/aromatic N) is 4. The van der Waals surface area contributed by atoms with Crippen LogP contribution in [-0.2, 0) is 0 Å². The van der Waals surface area contributed by atoms with Gasteiger partial charge in [-0.15, -0.1) is 0 Å². The molecule has 150 valence electrons. The van der Waals surface area contributed by atoms with Crippen molar-refractivity contribution >= 4 is 29.5 Å². The first-order valence-electron chi connectivity index (χ1n) is 9.23. The Morgan fingerprint density at radius 1 is 1.37 bits per heavy atom. The van der Waals surface area contributed by atoms with Gasteiger partial charge in [0.2, 0.25) is 0 Å². The van der Waals surface area contributed by atoms with Crippen molar-refractivity contribution in [2.24, 2.45) is 4.99 Å². The zero-order valence-corrected chi connectivity index (χ0v) is 18.1. The molecule has 1 aliphatic rings. The third-order valence-corrected chi connectivity index (χ3v) is 4.13. The Morgan fingerprint density at radius 2 is 2.00 bits per heavy atom. The van der Waals surface area contributed by atoms with Gasteiger partial charge in [-0.25, -0.2) is 4.99 Å². The molecule has 1 heterocycles. The molecule has 0 saturated carbocycles. The Kier molecular flexibility index (Phi) is 10.7. The highest BCUT2D eigenvalue weighted by molar-refractivity contribution is 7.97. The second-order valence-electron chi connectivity index (χ2n) is 6.79. The van der Waals surface area contributed by atoms with Gasteiger partial charge in [-0.1, -0.05) is 0 Å². The van der Waals surface area contributed by atoms with Crippen LogP contribution in [-0.4, -0.2) is 69.0 Å². The number of thioether (sulfide) groups is 1. The minimum atomic E-state index is 0.511. The van der Waals surface area contributed by atoms with Crippen LogP contribution in [0.5, 0.6) is 5.75 Å². The molecule has 0 atom stereocenters. The van der Waals surface area contributed by atoms with Gasteiger partial charge in [-0.3, -0.25) is 0 Å². The highest BCUT2D eigenvalue weighted by atomic mass is 32.2. The Hall–Kier alpha value is -1.91. The molecule has 27 heavy (non-hydrogen) atoms. The molecule has 1 saturated heterocycles. The molecule has 1 aliphatic heterocycles. The van der Waals surface area contributed by atoms with Crippen LogP contribution in [0.15, 0.2) is 11.1 Å². The van der Waals surface area contributed by atoms with Gasteiger partial charge in [0.25, 0.3) is 0 Å². The van der Waals surface area contributed by atoms with Crippen molar-refractivity contribution in [3.8, 4) is 11.8 Å². The lowest BCUT2D eigenvalue weighted by molar-refractivity contribution is 0.263. The fraction of sp³-hybridized carbons (Fsp3) is 0.600. The van der Waals surface area contributed by atoms with Gasteiger partial charge in [0.15, 0.2) is 0 Å². The van der Waals surface area contributed by atoms with Crippen LogP contribution in [0.2, 0.25) is 0 Å². The van der Waals surface area contributed by atoms with E-state index in [0.717, 1.165) is 18.5 Å². The summed E-state index contributed by atoms with van der Waals surface area (Å²) in [6.07, 6.45) is 9.30. The largest absolute Gasteiger partial charge is 0.491 e. The third-order valence-electron chi connectivity index (χ3n) is 4.13. The lowest BCUT2D eigenvalue weighted by Gasteiger charge is -2.17. The molecule has 7 heteroatoms. The fourth-order valence-corrected chi connectivity index (χ4v) is 2.89. The number of ether oxygens (including phenoxy) is 1. The Labute approximate surface area is 168 Å². The first-order valence-corrected chi connectivity index (χ1v) is 10.9. The van der Waals surface area contributed by atoms with Gasteiger partial charge >= 0.3 is 0 Å². The van der Waals surface area contributed by atoms with E-state index in [4.69, 9.17) is 10.5 Å². The van der Waals surface area contributed by atoms with Crippen molar-refractivity contribution in [3.05, 3.63) is 17.2 Å². The SMILES string of the molecule is CSC.Cc1c(C#N)c(N=CN(C)C)cc(N)c1OCCCN1CCCC1. The number of rotatable bonds is 7. The van der Waals surface area contributed by atoms with Gasteiger partial charge in [-0.2, -0.15) is 17.0 Å². The van der Waals surface area contributed by atoms with Crippen molar-refractivity contribution in [2.45, 2.75) is 26.2 Å². The van der Waals surface area contributed by atoms with E-state index in [9.17, 15) is 5.26 Å². The number of anilines is 1. The van der Waals surface area contributed by atoms with Crippen LogP contribution in [0, 0.1) is 18.3 Å². The Morgan fingerprint density at radius 3 is 2.56 bits per heavy atom. The van der Waals surface area contributed by atoms with Crippen LogP contribution in [0.1, 0.15) is 30.4 Å². The number of nitriles is 1. The second kappa shape index (κ2) is 12.5. The molecule has 0 bridgehead atoms. The minimum Gasteiger partial charge on any atom is -0.491 e. The fourth-order valence-electron chi connectivity index (χ4n) is 2.89.